The molecular formula is C16H26N2O2. The first kappa shape index (κ1) is 14.1. The van der Waals surface area contributed by atoms with Gasteiger partial charge < -0.3 is 9.15 Å². The van der Waals surface area contributed by atoms with Gasteiger partial charge in [0.2, 0.25) is 5.89 Å². The maximum absolute atomic E-state index is 5.94. The molecule has 1 saturated carbocycles. The molecule has 4 heteroatoms. The standard InChI is InChI=1S/C16H26N2O2/c1-16(2,3)14-10-17-15(20-14)11-18-8-9-19-13-7-5-4-6-12(13)18/h10,12-13H,4-9,11H2,1-3H3/t12-,13+/m1/s1. The highest BCUT2D eigenvalue weighted by molar-refractivity contribution is 5.06. The highest BCUT2D eigenvalue weighted by atomic mass is 16.5. The van der Waals surface area contributed by atoms with Gasteiger partial charge in [0, 0.05) is 18.0 Å². The van der Waals surface area contributed by atoms with Gasteiger partial charge in [0.25, 0.3) is 0 Å². The molecule has 2 heterocycles. The zero-order valence-corrected chi connectivity index (χ0v) is 12.9. The van der Waals surface area contributed by atoms with E-state index < -0.39 is 0 Å². The lowest BCUT2D eigenvalue weighted by atomic mass is 9.90. The van der Waals surface area contributed by atoms with Gasteiger partial charge in [0.05, 0.1) is 25.5 Å². The number of oxazole rings is 1. The van der Waals surface area contributed by atoms with Crippen molar-refractivity contribution in [1.82, 2.24) is 9.88 Å². The van der Waals surface area contributed by atoms with Gasteiger partial charge in [0.1, 0.15) is 5.76 Å². The van der Waals surface area contributed by atoms with E-state index in [2.05, 4.69) is 30.7 Å². The van der Waals surface area contributed by atoms with Crippen LogP contribution in [0.25, 0.3) is 0 Å². The van der Waals surface area contributed by atoms with E-state index in [0.29, 0.717) is 12.1 Å². The van der Waals surface area contributed by atoms with Gasteiger partial charge in [-0.25, -0.2) is 4.98 Å². The van der Waals surface area contributed by atoms with Crippen molar-refractivity contribution in [2.45, 2.75) is 70.6 Å². The lowest BCUT2D eigenvalue weighted by Crippen LogP contribution is -2.52. The molecule has 1 aliphatic carbocycles. The second-order valence-corrected chi connectivity index (χ2v) is 7.10. The summed E-state index contributed by atoms with van der Waals surface area (Å²) in [4.78, 5) is 6.97. The third-order valence-corrected chi connectivity index (χ3v) is 4.48. The van der Waals surface area contributed by atoms with Crippen LogP contribution >= 0.6 is 0 Å². The minimum atomic E-state index is 0.0314. The minimum absolute atomic E-state index is 0.0314. The molecule has 4 nitrogen and oxygen atoms in total. The first-order valence-electron chi connectivity index (χ1n) is 7.85. The molecule has 1 aliphatic heterocycles. The van der Waals surface area contributed by atoms with Gasteiger partial charge in [-0.05, 0) is 12.8 Å². The third kappa shape index (κ3) is 2.91. The van der Waals surface area contributed by atoms with E-state index in [1.807, 2.05) is 6.20 Å². The molecule has 0 unspecified atom stereocenters. The number of ether oxygens (including phenoxy) is 1. The van der Waals surface area contributed by atoms with E-state index in [4.69, 9.17) is 9.15 Å². The lowest BCUT2D eigenvalue weighted by molar-refractivity contribution is -0.0931. The summed E-state index contributed by atoms with van der Waals surface area (Å²) in [6.45, 7) is 9.12. The Hall–Kier alpha value is -0.870. The monoisotopic (exact) mass is 278 g/mol. The van der Waals surface area contributed by atoms with Gasteiger partial charge >= 0.3 is 0 Å². The third-order valence-electron chi connectivity index (χ3n) is 4.48. The molecular weight excluding hydrogens is 252 g/mol. The van der Waals surface area contributed by atoms with E-state index in [-0.39, 0.29) is 5.41 Å². The summed E-state index contributed by atoms with van der Waals surface area (Å²) in [5.74, 6) is 1.82. The van der Waals surface area contributed by atoms with Gasteiger partial charge in [-0.15, -0.1) is 0 Å². The highest BCUT2D eigenvalue weighted by Crippen LogP contribution is 2.30. The molecule has 0 radical (unpaired) electrons. The molecule has 2 aliphatic rings. The van der Waals surface area contributed by atoms with Gasteiger partial charge in [-0.2, -0.15) is 0 Å². The van der Waals surface area contributed by atoms with Gasteiger partial charge in [0.15, 0.2) is 0 Å². The Morgan fingerprint density at radius 1 is 1.30 bits per heavy atom. The van der Waals surface area contributed by atoms with Crippen molar-refractivity contribution in [3.8, 4) is 0 Å². The van der Waals surface area contributed by atoms with Crippen LogP contribution in [0.15, 0.2) is 10.6 Å². The van der Waals surface area contributed by atoms with Crippen molar-refractivity contribution in [3.63, 3.8) is 0 Å². The number of morpholine rings is 1. The molecule has 1 aromatic rings. The van der Waals surface area contributed by atoms with Crippen molar-refractivity contribution in [1.29, 1.82) is 0 Å². The number of rotatable bonds is 2. The van der Waals surface area contributed by atoms with Crippen LogP contribution in [-0.4, -0.2) is 35.2 Å². The molecule has 20 heavy (non-hydrogen) atoms. The van der Waals surface area contributed by atoms with Crippen LogP contribution in [0.3, 0.4) is 0 Å². The zero-order chi connectivity index (χ0) is 14.2. The topological polar surface area (TPSA) is 38.5 Å². The van der Waals surface area contributed by atoms with Crippen LogP contribution in [-0.2, 0) is 16.7 Å². The molecule has 1 saturated heterocycles. The minimum Gasteiger partial charge on any atom is -0.444 e. The summed E-state index contributed by atoms with van der Waals surface area (Å²) in [5.41, 5.74) is 0.0314. The predicted octanol–water partition coefficient (Wildman–Crippen LogP) is 3.12. The molecule has 0 spiro atoms. The number of aromatic nitrogens is 1. The molecule has 0 amide bonds. The first-order valence-corrected chi connectivity index (χ1v) is 7.85. The summed E-state index contributed by atoms with van der Waals surface area (Å²) in [5, 5.41) is 0. The number of nitrogens with zero attached hydrogens (tertiary/aromatic N) is 2. The van der Waals surface area contributed by atoms with Crippen molar-refractivity contribution in [2.24, 2.45) is 0 Å². The quantitative estimate of drug-likeness (QED) is 0.833. The molecule has 0 aromatic carbocycles. The van der Waals surface area contributed by atoms with E-state index in [9.17, 15) is 0 Å². The van der Waals surface area contributed by atoms with Crippen LogP contribution in [0, 0.1) is 0 Å². The predicted molar refractivity (Wildman–Crippen MR) is 77.6 cm³/mol. The average molecular weight is 278 g/mol. The summed E-state index contributed by atoms with van der Waals surface area (Å²) < 4.78 is 11.9. The molecule has 3 rings (SSSR count). The zero-order valence-electron chi connectivity index (χ0n) is 12.9. The summed E-state index contributed by atoms with van der Waals surface area (Å²) >= 11 is 0. The largest absolute Gasteiger partial charge is 0.444 e. The van der Waals surface area contributed by atoms with E-state index in [1.165, 1.54) is 25.7 Å². The van der Waals surface area contributed by atoms with Crippen LogP contribution in [0.4, 0.5) is 0 Å². The van der Waals surface area contributed by atoms with Crippen molar-refractivity contribution >= 4 is 0 Å². The fourth-order valence-electron chi connectivity index (χ4n) is 3.28. The van der Waals surface area contributed by atoms with Crippen molar-refractivity contribution < 1.29 is 9.15 Å². The number of hydrogen-bond donors (Lipinski definition) is 0. The molecule has 0 N–H and O–H groups in total. The summed E-state index contributed by atoms with van der Waals surface area (Å²) in [6, 6.07) is 0.558. The van der Waals surface area contributed by atoms with Crippen molar-refractivity contribution in [2.75, 3.05) is 13.2 Å². The smallest absolute Gasteiger partial charge is 0.208 e. The van der Waals surface area contributed by atoms with E-state index in [1.54, 1.807) is 0 Å². The number of fused-ring (bicyclic) bond motifs is 1. The Morgan fingerprint density at radius 2 is 2.10 bits per heavy atom. The van der Waals surface area contributed by atoms with Crippen LogP contribution < -0.4 is 0 Å². The average Bonchev–Trinajstić information content (AvgIpc) is 2.88. The van der Waals surface area contributed by atoms with Gasteiger partial charge in [-0.3, -0.25) is 4.90 Å². The Balaban J connectivity index is 1.68. The molecule has 2 atom stereocenters. The lowest BCUT2D eigenvalue weighted by Gasteiger charge is -2.43. The molecule has 112 valence electrons. The maximum Gasteiger partial charge on any atom is 0.208 e. The van der Waals surface area contributed by atoms with Gasteiger partial charge in [-0.1, -0.05) is 33.6 Å². The Labute approximate surface area is 121 Å². The Kier molecular flexibility index (Phi) is 3.87. The highest BCUT2D eigenvalue weighted by Gasteiger charge is 2.34. The Morgan fingerprint density at radius 3 is 2.85 bits per heavy atom. The second kappa shape index (κ2) is 5.49. The number of hydrogen-bond acceptors (Lipinski definition) is 4. The van der Waals surface area contributed by atoms with Crippen molar-refractivity contribution in [3.05, 3.63) is 17.8 Å². The first-order chi connectivity index (χ1) is 9.54. The Bertz CT molecular complexity index is 448. The normalized spacial score (nSPS) is 28.4. The van der Waals surface area contributed by atoms with E-state index >= 15 is 0 Å². The fraction of sp³-hybridized carbons (Fsp3) is 0.812. The molecule has 0 bridgehead atoms. The summed E-state index contributed by atoms with van der Waals surface area (Å²) in [6.07, 6.45) is 7.39. The maximum atomic E-state index is 5.94. The molecule has 1 aromatic heterocycles. The van der Waals surface area contributed by atoms with Crippen LogP contribution in [0.2, 0.25) is 0 Å². The SMILES string of the molecule is CC(C)(C)c1cnc(CN2CCO[C@H]3CCCC[C@H]32)o1. The molecule has 2 fully saturated rings. The second-order valence-electron chi connectivity index (χ2n) is 7.10. The van der Waals surface area contributed by atoms with Crippen LogP contribution in [0.5, 0.6) is 0 Å². The van der Waals surface area contributed by atoms with Crippen LogP contribution in [0.1, 0.15) is 58.1 Å². The fourth-order valence-corrected chi connectivity index (χ4v) is 3.28. The van der Waals surface area contributed by atoms with E-state index in [0.717, 1.165) is 31.3 Å². The summed E-state index contributed by atoms with van der Waals surface area (Å²) in [7, 11) is 0.